The van der Waals surface area contributed by atoms with E-state index in [-0.39, 0.29) is 0 Å². The highest BCUT2D eigenvalue weighted by Crippen LogP contribution is 2.25. The lowest BCUT2D eigenvalue weighted by Crippen LogP contribution is -2.40. The van der Waals surface area contributed by atoms with Gasteiger partial charge in [0.25, 0.3) is 0 Å². The Bertz CT molecular complexity index is 130. The molecule has 0 bridgehead atoms. The van der Waals surface area contributed by atoms with Crippen molar-refractivity contribution in [3.8, 4) is 0 Å². The molecule has 0 saturated heterocycles. The molecule has 1 fully saturated rings. The average molecular weight is 185 g/mol. The molecular formula is C11H23NO. The number of hydrogen-bond donors (Lipinski definition) is 1. The van der Waals surface area contributed by atoms with E-state index in [0.29, 0.717) is 6.10 Å². The fraction of sp³-hybridized carbons (Fsp3) is 1.00. The van der Waals surface area contributed by atoms with Crippen molar-refractivity contribution in [2.45, 2.75) is 52.2 Å². The van der Waals surface area contributed by atoms with E-state index in [4.69, 9.17) is 4.74 Å². The topological polar surface area (TPSA) is 21.3 Å². The summed E-state index contributed by atoms with van der Waals surface area (Å²) in [5, 5.41) is 3.54. The van der Waals surface area contributed by atoms with Gasteiger partial charge in [0.05, 0.1) is 6.10 Å². The number of ether oxygens (including phenoxy) is 1. The van der Waals surface area contributed by atoms with Crippen LogP contribution in [0, 0.1) is 5.92 Å². The molecule has 1 N–H and O–H groups in total. The third-order valence-electron chi connectivity index (χ3n) is 2.58. The predicted molar refractivity (Wildman–Crippen MR) is 55.9 cm³/mol. The summed E-state index contributed by atoms with van der Waals surface area (Å²) < 4.78 is 5.46. The van der Waals surface area contributed by atoms with Gasteiger partial charge in [-0.25, -0.2) is 0 Å². The highest BCUT2D eigenvalue weighted by molar-refractivity contribution is 4.81. The number of hydrogen-bond acceptors (Lipinski definition) is 2. The quantitative estimate of drug-likeness (QED) is 0.640. The summed E-state index contributed by atoms with van der Waals surface area (Å²) in [5.41, 5.74) is 0. The molecule has 2 heteroatoms. The first-order valence-corrected chi connectivity index (χ1v) is 5.53. The molecule has 0 atom stereocenters. The minimum absolute atomic E-state index is 0.378. The van der Waals surface area contributed by atoms with Gasteiger partial charge in [0.15, 0.2) is 0 Å². The van der Waals surface area contributed by atoms with Crippen LogP contribution in [-0.2, 0) is 4.74 Å². The Morgan fingerprint density at radius 2 is 2.08 bits per heavy atom. The zero-order valence-corrected chi connectivity index (χ0v) is 9.18. The molecule has 0 amide bonds. The van der Waals surface area contributed by atoms with E-state index in [1.165, 1.54) is 12.8 Å². The van der Waals surface area contributed by atoms with E-state index < -0.39 is 0 Å². The van der Waals surface area contributed by atoms with Gasteiger partial charge in [0.2, 0.25) is 0 Å². The van der Waals surface area contributed by atoms with E-state index >= 15 is 0 Å². The molecule has 13 heavy (non-hydrogen) atoms. The Morgan fingerprint density at radius 1 is 1.38 bits per heavy atom. The summed E-state index contributed by atoms with van der Waals surface area (Å²) in [6.45, 7) is 8.50. The fourth-order valence-corrected chi connectivity index (χ4v) is 1.77. The van der Waals surface area contributed by atoms with Gasteiger partial charge in [-0.2, -0.15) is 0 Å². The van der Waals surface area contributed by atoms with Crippen LogP contribution in [0.15, 0.2) is 0 Å². The minimum Gasteiger partial charge on any atom is -0.379 e. The molecule has 0 aromatic carbocycles. The van der Waals surface area contributed by atoms with Crippen LogP contribution in [-0.4, -0.2) is 25.3 Å². The Kier molecular flexibility index (Phi) is 4.74. The molecule has 1 saturated carbocycles. The lowest BCUT2D eigenvalue weighted by atomic mass is 9.82. The van der Waals surface area contributed by atoms with Crippen LogP contribution in [0.5, 0.6) is 0 Å². The van der Waals surface area contributed by atoms with Gasteiger partial charge in [0.1, 0.15) is 0 Å². The van der Waals surface area contributed by atoms with Gasteiger partial charge in [-0.05, 0) is 45.6 Å². The normalized spacial score (nSPS) is 27.7. The summed E-state index contributed by atoms with van der Waals surface area (Å²) in [6, 6.07) is 0.800. The number of rotatable bonds is 6. The van der Waals surface area contributed by atoms with E-state index in [2.05, 4.69) is 26.1 Å². The van der Waals surface area contributed by atoms with Crippen molar-refractivity contribution in [2.24, 2.45) is 5.92 Å². The van der Waals surface area contributed by atoms with Gasteiger partial charge >= 0.3 is 0 Å². The van der Waals surface area contributed by atoms with Gasteiger partial charge in [0, 0.05) is 12.6 Å². The largest absolute Gasteiger partial charge is 0.379 e. The van der Waals surface area contributed by atoms with E-state index in [1.54, 1.807) is 0 Å². The zero-order chi connectivity index (χ0) is 9.68. The van der Waals surface area contributed by atoms with Crippen LogP contribution < -0.4 is 5.32 Å². The molecule has 0 aliphatic heterocycles. The third kappa shape index (κ3) is 4.63. The van der Waals surface area contributed by atoms with Gasteiger partial charge < -0.3 is 10.1 Å². The molecule has 0 radical (unpaired) electrons. The lowest BCUT2D eigenvalue weighted by molar-refractivity contribution is 0.0757. The van der Waals surface area contributed by atoms with Crippen molar-refractivity contribution >= 4 is 0 Å². The Balaban J connectivity index is 1.79. The Hall–Kier alpha value is -0.0800. The molecule has 1 aliphatic carbocycles. The first kappa shape index (κ1) is 11.0. The second kappa shape index (κ2) is 5.61. The van der Waals surface area contributed by atoms with E-state index in [0.717, 1.165) is 31.5 Å². The van der Waals surface area contributed by atoms with Gasteiger partial charge in [-0.15, -0.1) is 0 Å². The summed E-state index contributed by atoms with van der Waals surface area (Å²) >= 11 is 0. The maximum atomic E-state index is 5.46. The molecule has 0 unspecified atom stereocenters. The van der Waals surface area contributed by atoms with Crippen LogP contribution in [0.4, 0.5) is 0 Å². The Labute approximate surface area is 82.0 Å². The van der Waals surface area contributed by atoms with Crippen molar-refractivity contribution in [3.63, 3.8) is 0 Å². The van der Waals surface area contributed by atoms with Crippen molar-refractivity contribution in [1.29, 1.82) is 0 Å². The van der Waals surface area contributed by atoms with Gasteiger partial charge in [-0.1, -0.05) is 6.92 Å². The van der Waals surface area contributed by atoms with Crippen molar-refractivity contribution < 1.29 is 4.74 Å². The predicted octanol–water partition coefficient (Wildman–Crippen LogP) is 2.19. The highest BCUT2D eigenvalue weighted by Gasteiger charge is 2.23. The highest BCUT2D eigenvalue weighted by atomic mass is 16.5. The molecule has 0 aromatic heterocycles. The maximum Gasteiger partial charge on any atom is 0.0518 e. The summed E-state index contributed by atoms with van der Waals surface area (Å²) in [7, 11) is 0. The molecule has 0 heterocycles. The van der Waals surface area contributed by atoms with Crippen molar-refractivity contribution in [3.05, 3.63) is 0 Å². The summed E-state index contributed by atoms with van der Waals surface area (Å²) in [6.07, 6.45) is 4.25. The molecule has 1 aliphatic rings. The van der Waals surface area contributed by atoms with Crippen LogP contribution in [0.25, 0.3) is 0 Å². The number of nitrogens with one attached hydrogen (secondary N) is 1. The Morgan fingerprint density at radius 3 is 2.62 bits per heavy atom. The lowest BCUT2D eigenvalue weighted by Gasteiger charge is -2.33. The van der Waals surface area contributed by atoms with Crippen LogP contribution >= 0.6 is 0 Å². The standard InChI is InChI=1S/C11H23NO/c1-9(2)13-6-4-5-12-11-7-10(3)8-11/h9-12H,4-8H2,1-3H3. The fourth-order valence-electron chi connectivity index (χ4n) is 1.77. The average Bonchev–Trinajstić information content (AvgIpc) is 1.99. The zero-order valence-electron chi connectivity index (χ0n) is 9.18. The summed E-state index contributed by atoms with van der Waals surface area (Å²) in [5.74, 6) is 0.949. The van der Waals surface area contributed by atoms with E-state index in [9.17, 15) is 0 Å². The molecule has 78 valence electrons. The van der Waals surface area contributed by atoms with Crippen LogP contribution in [0.3, 0.4) is 0 Å². The van der Waals surface area contributed by atoms with Crippen LogP contribution in [0.1, 0.15) is 40.0 Å². The first-order chi connectivity index (χ1) is 6.18. The molecule has 1 rings (SSSR count). The minimum atomic E-state index is 0.378. The second-order valence-corrected chi connectivity index (χ2v) is 4.50. The molecule has 2 nitrogen and oxygen atoms in total. The SMILES string of the molecule is CC1CC(NCCCOC(C)C)C1. The maximum absolute atomic E-state index is 5.46. The first-order valence-electron chi connectivity index (χ1n) is 5.53. The monoisotopic (exact) mass is 185 g/mol. The molecule has 0 aromatic rings. The molecular weight excluding hydrogens is 162 g/mol. The smallest absolute Gasteiger partial charge is 0.0518 e. The molecule has 0 spiro atoms. The second-order valence-electron chi connectivity index (χ2n) is 4.50. The van der Waals surface area contributed by atoms with E-state index in [1.807, 2.05) is 0 Å². The van der Waals surface area contributed by atoms with Gasteiger partial charge in [-0.3, -0.25) is 0 Å². The van der Waals surface area contributed by atoms with Crippen molar-refractivity contribution in [1.82, 2.24) is 5.32 Å². The third-order valence-corrected chi connectivity index (χ3v) is 2.58. The summed E-state index contributed by atoms with van der Waals surface area (Å²) in [4.78, 5) is 0. The van der Waals surface area contributed by atoms with Crippen LogP contribution in [0.2, 0.25) is 0 Å². The van der Waals surface area contributed by atoms with Crippen molar-refractivity contribution in [2.75, 3.05) is 13.2 Å².